The molecule has 1 fully saturated rings. The van der Waals surface area contributed by atoms with Crippen molar-refractivity contribution in [3.8, 4) is 17.5 Å². The Bertz CT molecular complexity index is 1270. The number of amides is 1. The number of rotatable bonds is 4. The number of nitriles is 1. The number of methoxy groups -OCH3 is 1. The minimum Gasteiger partial charge on any atom is -0.495 e. The second kappa shape index (κ2) is 7.96. The van der Waals surface area contributed by atoms with Crippen molar-refractivity contribution < 1.29 is 18.3 Å². The first-order valence-corrected chi connectivity index (χ1v) is 10.7. The number of hydrogen-bond acceptors (Lipinski definition) is 5. The van der Waals surface area contributed by atoms with Crippen molar-refractivity contribution >= 4 is 5.91 Å². The van der Waals surface area contributed by atoms with Crippen LogP contribution in [0.25, 0.3) is 5.69 Å². The van der Waals surface area contributed by atoms with Crippen LogP contribution < -0.4 is 4.74 Å². The fourth-order valence-electron chi connectivity index (χ4n) is 4.79. The molecule has 0 unspecified atom stereocenters. The van der Waals surface area contributed by atoms with Crippen molar-refractivity contribution in [3.63, 3.8) is 0 Å². The molecule has 0 bridgehead atoms. The van der Waals surface area contributed by atoms with Crippen molar-refractivity contribution in [1.29, 1.82) is 5.26 Å². The Morgan fingerprint density at radius 3 is 2.70 bits per heavy atom. The minimum atomic E-state index is -1.63. The predicted molar refractivity (Wildman–Crippen MR) is 114 cm³/mol. The lowest BCUT2D eigenvalue weighted by molar-refractivity contribution is 0.0734. The van der Waals surface area contributed by atoms with Crippen molar-refractivity contribution in [1.82, 2.24) is 19.7 Å². The van der Waals surface area contributed by atoms with Crippen LogP contribution in [0.2, 0.25) is 0 Å². The molecule has 33 heavy (non-hydrogen) atoms. The van der Waals surface area contributed by atoms with Gasteiger partial charge in [-0.15, -0.1) is 0 Å². The van der Waals surface area contributed by atoms with Crippen LogP contribution in [0.1, 0.15) is 58.4 Å². The average Bonchev–Trinajstić information content (AvgIpc) is 3.53. The molecule has 0 N–H and O–H groups in total. The summed E-state index contributed by atoms with van der Waals surface area (Å²) in [5, 5.41) is 14.0. The Kier molecular flexibility index (Phi) is 5.08. The molecule has 1 saturated carbocycles. The fraction of sp³-hybridized carbons (Fsp3) is 0.333. The highest BCUT2D eigenvalue weighted by atomic mass is 19.1. The van der Waals surface area contributed by atoms with Gasteiger partial charge in [0.1, 0.15) is 23.3 Å². The van der Waals surface area contributed by atoms with Crippen molar-refractivity contribution in [3.05, 3.63) is 70.6 Å². The summed E-state index contributed by atoms with van der Waals surface area (Å²) < 4.78 is 36.3. The maximum atomic E-state index is 15.8. The number of carbonyl (C=O) groups is 1. The summed E-state index contributed by atoms with van der Waals surface area (Å²) >= 11 is 0. The first-order valence-electron chi connectivity index (χ1n) is 10.7. The molecule has 1 aliphatic heterocycles. The van der Waals surface area contributed by atoms with Crippen LogP contribution in [0, 0.1) is 17.1 Å². The summed E-state index contributed by atoms with van der Waals surface area (Å²) in [5.41, 5.74) is 0.899. The van der Waals surface area contributed by atoms with Crippen LogP contribution in [-0.2, 0) is 18.8 Å². The lowest BCUT2D eigenvalue weighted by Crippen LogP contribution is -2.30. The molecule has 1 amide bonds. The quantitative estimate of drug-likeness (QED) is 0.597. The van der Waals surface area contributed by atoms with E-state index in [1.807, 2.05) is 6.07 Å². The second-order valence-electron chi connectivity index (χ2n) is 8.42. The number of fused-ring (bicyclic) bond motifs is 1. The molecule has 0 spiro atoms. The molecule has 168 valence electrons. The Morgan fingerprint density at radius 2 is 2.03 bits per heavy atom. The number of pyridine rings is 1. The monoisotopic (exact) mass is 449 g/mol. The third-order valence-corrected chi connectivity index (χ3v) is 6.40. The smallest absolute Gasteiger partial charge is 0.258 e. The van der Waals surface area contributed by atoms with E-state index in [0.717, 1.165) is 24.6 Å². The highest BCUT2D eigenvalue weighted by molar-refractivity contribution is 6.00. The van der Waals surface area contributed by atoms with Crippen LogP contribution in [-0.4, -0.2) is 32.7 Å². The van der Waals surface area contributed by atoms with E-state index in [1.54, 1.807) is 17.2 Å². The van der Waals surface area contributed by atoms with E-state index in [4.69, 9.17) is 4.74 Å². The molecule has 1 aliphatic carbocycles. The molecule has 3 heterocycles. The molecule has 2 aliphatic rings. The highest BCUT2D eigenvalue weighted by Gasteiger charge is 2.41. The number of aromatic nitrogens is 3. The van der Waals surface area contributed by atoms with Gasteiger partial charge in [0.2, 0.25) is 0 Å². The lowest BCUT2D eigenvalue weighted by atomic mass is 9.87. The minimum absolute atomic E-state index is 0.101. The van der Waals surface area contributed by atoms with E-state index in [1.165, 1.54) is 30.1 Å². The van der Waals surface area contributed by atoms with Gasteiger partial charge in [0.05, 0.1) is 48.6 Å². The van der Waals surface area contributed by atoms with Crippen LogP contribution in [0.5, 0.6) is 5.75 Å². The Labute approximate surface area is 189 Å². The molecule has 3 aromatic rings. The van der Waals surface area contributed by atoms with Gasteiger partial charge in [-0.3, -0.25) is 9.78 Å². The Morgan fingerprint density at radius 1 is 1.24 bits per heavy atom. The molecular formula is C24H21F2N5O2. The number of alkyl halides is 1. The Balaban J connectivity index is 1.49. The number of nitrogens with zero attached hydrogens (tertiary/aromatic N) is 5. The third kappa shape index (κ3) is 3.52. The molecule has 7 nitrogen and oxygen atoms in total. The van der Waals surface area contributed by atoms with Crippen LogP contribution in [0.3, 0.4) is 0 Å². The largest absolute Gasteiger partial charge is 0.495 e. The zero-order valence-corrected chi connectivity index (χ0v) is 18.0. The zero-order valence-electron chi connectivity index (χ0n) is 18.0. The maximum absolute atomic E-state index is 15.8. The topological polar surface area (TPSA) is 84.0 Å². The van der Waals surface area contributed by atoms with Gasteiger partial charge >= 0.3 is 0 Å². The molecule has 0 saturated heterocycles. The summed E-state index contributed by atoms with van der Waals surface area (Å²) in [4.78, 5) is 19.1. The summed E-state index contributed by atoms with van der Waals surface area (Å²) in [6, 6.07) is 6.42. The van der Waals surface area contributed by atoms with Crippen molar-refractivity contribution in [2.75, 3.05) is 7.11 Å². The summed E-state index contributed by atoms with van der Waals surface area (Å²) in [6.45, 7) is 0.470. The van der Waals surface area contributed by atoms with Gasteiger partial charge in [-0.2, -0.15) is 10.4 Å². The van der Waals surface area contributed by atoms with E-state index < -0.39 is 17.4 Å². The normalized spacial score (nSPS) is 16.5. The SMILES string of the molecule is COc1c(C#N)ccc(C2(F)CCCC2)c1C(=O)N1Cc2cn(-c3cncc(F)c3)nc2C1. The van der Waals surface area contributed by atoms with Gasteiger partial charge in [0, 0.05) is 29.9 Å². The van der Waals surface area contributed by atoms with Gasteiger partial charge in [-0.1, -0.05) is 6.07 Å². The predicted octanol–water partition coefficient (Wildman–Crippen LogP) is 4.18. The number of hydrogen-bond donors (Lipinski definition) is 0. The molecular weight excluding hydrogens is 428 g/mol. The first kappa shape index (κ1) is 21.1. The van der Waals surface area contributed by atoms with Crippen LogP contribution in [0.4, 0.5) is 8.78 Å². The van der Waals surface area contributed by atoms with E-state index in [9.17, 15) is 14.4 Å². The van der Waals surface area contributed by atoms with Crippen molar-refractivity contribution in [2.24, 2.45) is 0 Å². The first-order chi connectivity index (χ1) is 15.9. The van der Waals surface area contributed by atoms with E-state index >= 15 is 4.39 Å². The summed E-state index contributed by atoms with van der Waals surface area (Å²) in [7, 11) is 1.38. The maximum Gasteiger partial charge on any atom is 0.258 e. The number of benzene rings is 1. The number of halogens is 2. The van der Waals surface area contributed by atoms with Gasteiger partial charge in [-0.25, -0.2) is 13.5 Å². The summed E-state index contributed by atoms with van der Waals surface area (Å²) in [5.74, 6) is -0.770. The molecule has 1 aromatic carbocycles. The van der Waals surface area contributed by atoms with Crippen LogP contribution >= 0.6 is 0 Å². The highest BCUT2D eigenvalue weighted by Crippen LogP contribution is 2.46. The zero-order chi connectivity index (χ0) is 23.2. The number of carbonyl (C=O) groups excluding carboxylic acids is 1. The third-order valence-electron chi connectivity index (χ3n) is 6.40. The molecule has 5 rings (SSSR count). The number of ether oxygens (including phenoxy) is 1. The fourth-order valence-corrected chi connectivity index (χ4v) is 4.79. The molecule has 2 aromatic heterocycles. The lowest BCUT2D eigenvalue weighted by Gasteiger charge is -2.26. The summed E-state index contributed by atoms with van der Waals surface area (Å²) in [6.07, 6.45) is 6.49. The van der Waals surface area contributed by atoms with Crippen LogP contribution in [0.15, 0.2) is 36.8 Å². The molecule has 0 radical (unpaired) electrons. The van der Waals surface area contributed by atoms with Crippen molar-refractivity contribution in [2.45, 2.75) is 44.4 Å². The van der Waals surface area contributed by atoms with E-state index in [0.29, 0.717) is 24.2 Å². The van der Waals surface area contributed by atoms with Gasteiger partial charge in [-0.05, 0) is 31.7 Å². The standard InChI is InChI=1S/C24H21F2N5O2/c1-33-22-15(9-27)4-5-19(24(26)6-2-3-7-24)21(22)23(32)30-12-16-13-31(29-20(16)14-30)18-8-17(25)10-28-11-18/h4-5,8,10-11,13H,2-3,6-7,12,14H2,1H3. The van der Waals surface area contributed by atoms with E-state index in [2.05, 4.69) is 10.1 Å². The van der Waals surface area contributed by atoms with Gasteiger partial charge in [0.15, 0.2) is 0 Å². The second-order valence-corrected chi connectivity index (χ2v) is 8.42. The molecule has 0 atom stereocenters. The average molecular weight is 449 g/mol. The Hall–Kier alpha value is -3.80. The van der Waals surface area contributed by atoms with E-state index in [-0.39, 0.29) is 35.5 Å². The van der Waals surface area contributed by atoms with Gasteiger partial charge in [0.25, 0.3) is 5.91 Å². The molecule has 9 heteroatoms. The van der Waals surface area contributed by atoms with Gasteiger partial charge < -0.3 is 9.64 Å².